The van der Waals surface area contributed by atoms with Gasteiger partial charge >= 0.3 is 5.97 Å². The van der Waals surface area contributed by atoms with E-state index in [9.17, 15) is 23.1 Å². The van der Waals surface area contributed by atoms with Crippen molar-refractivity contribution in [3.05, 3.63) is 24.3 Å². The molecule has 3 saturated heterocycles. The van der Waals surface area contributed by atoms with Crippen molar-refractivity contribution in [3.8, 4) is 0 Å². The minimum Gasteiger partial charge on any atom is -0.481 e. The van der Waals surface area contributed by atoms with Gasteiger partial charge < -0.3 is 15.2 Å². The van der Waals surface area contributed by atoms with Crippen LogP contribution < -0.4 is 5.32 Å². The van der Waals surface area contributed by atoms with Crippen LogP contribution in [-0.2, 0) is 24.3 Å². The van der Waals surface area contributed by atoms with Gasteiger partial charge in [0.15, 0.2) is 0 Å². The van der Waals surface area contributed by atoms with Crippen LogP contribution in [0.25, 0.3) is 0 Å². The van der Waals surface area contributed by atoms with Gasteiger partial charge in [0.2, 0.25) is 15.9 Å². The van der Waals surface area contributed by atoms with E-state index < -0.39 is 39.8 Å². The van der Waals surface area contributed by atoms with Gasteiger partial charge in [-0.15, -0.1) is 0 Å². The number of fused-ring (bicyclic) bond motifs is 2. The van der Waals surface area contributed by atoms with Crippen molar-refractivity contribution >= 4 is 27.6 Å². The van der Waals surface area contributed by atoms with Crippen LogP contribution in [0.15, 0.2) is 29.2 Å². The second kappa shape index (κ2) is 6.88. The number of anilines is 1. The summed E-state index contributed by atoms with van der Waals surface area (Å²) in [4.78, 5) is 24.3. The Hall–Kier alpha value is -1.97. The first-order valence-electron chi connectivity index (χ1n) is 9.17. The highest BCUT2D eigenvalue weighted by atomic mass is 32.2. The van der Waals surface area contributed by atoms with Crippen LogP contribution in [-0.4, -0.2) is 55.0 Å². The van der Waals surface area contributed by atoms with Crippen LogP contribution in [0.5, 0.6) is 0 Å². The van der Waals surface area contributed by atoms with E-state index in [4.69, 9.17) is 4.74 Å². The fourth-order valence-electron chi connectivity index (χ4n) is 4.34. The van der Waals surface area contributed by atoms with E-state index in [1.807, 2.05) is 0 Å². The highest BCUT2D eigenvalue weighted by Crippen LogP contribution is 2.44. The lowest BCUT2D eigenvalue weighted by Crippen LogP contribution is -2.40. The smallest absolute Gasteiger partial charge is 0.310 e. The Kier molecular flexibility index (Phi) is 4.69. The minimum absolute atomic E-state index is 0.189. The maximum atomic E-state index is 12.6. The average Bonchev–Trinajstić information content (AvgIpc) is 3.38. The summed E-state index contributed by atoms with van der Waals surface area (Å²) < 4.78 is 32.2. The number of carbonyl (C=O) groups is 2. The van der Waals surface area contributed by atoms with Gasteiger partial charge in [0, 0.05) is 18.8 Å². The third kappa shape index (κ3) is 3.24. The van der Waals surface area contributed by atoms with E-state index in [1.54, 1.807) is 0 Å². The number of rotatable bonds is 5. The maximum Gasteiger partial charge on any atom is 0.310 e. The van der Waals surface area contributed by atoms with Crippen molar-refractivity contribution in [1.82, 2.24) is 4.31 Å². The summed E-state index contributed by atoms with van der Waals surface area (Å²) in [5, 5.41) is 12.1. The van der Waals surface area contributed by atoms with E-state index in [-0.39, 0.29) is 11.0 Å². The number of carbonyl (C=O) groups excluding carboxylic acids is 1. The molecule has 146 valence electrons. The van der Waals surface area contributed by atoms with Gasteiger partial charge in [-0.05, 0) is 49.9 Å². The molecular formula is C18H22N2O6S. The topological polar surface area (TPSA) is 113 Å². The number of benzene rings is 1. The van der Waals surface area contributed by atoms with Gasteiger partial charge in [-0.25, -0.2) is 8.42 Å². The molecule has 2 N–H and O–H groups in total. The number of nitrogens with zero attached hydrogens (tertiary/aromatic N) is 1. The molecular weight excluding hydrogens is 372 g/mol. The standard InChI is InChI=1S/C18H22N2O6S/c21-17(15-13-7-8-14(26-13)16(15)18(22)23)19-11-3-5-12(6-4-11)27(24,25)20-9-1-2-10-20/h3-6,13-16H,1-2,7-10H2,(H,19,21)(H,22,23)/t13-,14-,15+,16-/m0/s1. The number of hydrogen-bond acceptors (Lipinski definition) is 5. The number of ether oxygens (including phenoxy) is 1. The lowest BCUT2D eigenvalue weighted by Gasteiger charge is -2.24. The van der Waals surface area contributed by atoms with Crippen LogP contribution in [0.4, 0.5) is 5.69 Å². The second-order valence-electron chi connectivity index (χ2n) is 7.30. The first-order chi connectivity index (χ1) is 12.9. The fraction of sp³-hybridized carbons (Fsp3) is 0.556. The number of carboxylic acid groups (broad SMARTS) is 1. The summed E-state index contributed by atoms with van der Waals surface area (Å²) >= 11 is 0. The van der Waals surface area contributed by atoms with E-state index >= 15 is 0 Å². The average molecular weight is 394 g/mol. The zero-order valence-corrected chi connectivity index (χ0v) is 15.5. The highest BCUT2D eigenvalue weighted by Gasteiger charge is 2.55. The highest BCUT2D eigenvalue weighted by molar-refractivity contribution is 7.89. The predicted octanol–water partition coefficient (Wildman–Crippen LogP) is 1.29. The summed E-state index contributed by atoms with van der Waals surface area (Å²) in [5.41, 5.74) is 0.437. The van der Waals surface area contributed by atoms with Crippen LogP contribution in [0.3, 0.4) is 0 Å². The van der Waals surface area contributed by atoms with Gasteiger partial charge in [-0.2, -0.15) is 4.31 Å². The monoisotopic (exact) mass is 394 g/mol. The summed E-state index contributed by atoms with van der Waals surface area (Å²) in [6, 6.07) is 6.00. The summed E-state index contributed by atoms with van der Waals surface area (Å²) in [6.45, 7) is 1.06. The Bertz CT molecular complexity index is 847. The van der Waals surface area contributed by atoms with Crippen molar-refractivity contribution in [3.63, 3.8) is 0 Å². The molecule has 0 radical (unpaired) electrons. The van der Waals surface area contributed by atoms with Crippen molar-refractivity contribution in [2.24, 2.45) is 11.8 Å². The van der Waals surface area contributed by atoms with Gasteiger partial charge in [0.25, 0.3) is 0 Å². The van der Waals surface area contributed by atoms with Crippen LogP contribution in [0, 0.1) is 11.8 Å². The van der Waals surface area contributed by atoms with Crippen molar-refractivity contribution in [2.45, 2.75) is 42.8 Å². The number of amides is 1. The number of nitrogens with one attached hydrogen (secondary N) is 1. The number of hydrogen-bond donors (Lipinski definition) is 2. The summed E-state index contributed by atoms with van der Waals surface area (Å²) in [7, 11) is -3.50. The number of aliphatic carboxylic acids is 1. The zero-order chi connectivity index (χ0) is 19.2. The van der Waals surface area contributed by atoms with Gasteiger partial charge in [-0.1, -0.05) is 0 Å². The molecule has 27 heavy (non-hydrogen) atoms. The molecule has 2 bridgehead atoms. The molecule has 0 spiro atoms. The van der Waals surface area contributed by atoms with E-state index in [1.165, 1.54) is 28.6 Å². The molecule has 3 aliphatic heterocycles. The van der Waals surface area contributed by atoms with Crippen LogP contribution in [0.2, 0.25) is 0 Å². The van der Waals surface area contributed by atoms with E-state index in [0.717, 1.165) is 12.8 Å². The lowest BCUT2D eigenvalue weighted by atomic mass is 9.78. The Morgan fingerprint density at radius 1 is 1.04 bits per heavy atom. The molecule has 0 saturated carbocycles. The Balaban J connectivity index is 1.47. The Morgan fingerprint density at radius 2 is 1.63 bits per heavy atom. The van der Waals surface area contributed by atoms with E-state index in [2.05, 4.69) is 5.32 Å². The van der Waals surface area contributed by atoms with Crippen LogP contribution in [0.1, 0.15) is 25.7 Å². The van der Waals surface area contributed by atoms with Crippen molar-refractivity contribution in [1.29, 1.82) is 0 Å². The first kappa shape index (κ1) is 18.4. The molecule has 4 atom stereocenters. The largest absolute Gasteiger partial charge is 0.481 e. The van der Waals surface area contributed by atoms with Crippen LogP contribution >= 0.6 is 0 Å². The maximum absolute atomic E-state index is 12.6. The number of carboxylic acids is 1. The van der Waals surface area contributed by atoms with Crippen molar-refractivity contribution < 1.29 is 27.9 Å². The molecule has 8 nitrogen and oxygen atoms in total. The number of sulfonamides is 1. The third-order valence-corrected chi connectivity index (χ3v) is 7.60. The van der Waals surface area contributed by atoms with E-state index in [0.29, 0.717) is 31.6 Å². The van der Waals surface area contributed by atoms with Gasteiger partial charge in [0.05, 0.1) is 28.9 Å². The molecule has 9 heteroatoms. The molecule has 1 amide bonds. The molecule has 0 aromatic heterocycles. The second-order valence-corrected chi connectivity index (χ2v) is 9.24. The summed E-state index contributed by atoms with van der Waals surface area (Å²) in [6.07, 6.45) is 2.30. The van der Waals surface area contributed by atoms with Gasteiger partial charge in [-0.3, -0.25) is 9.59 Å². The molecule has 3 heterocycles. The van der Waals surface area contributed by atoms with Crippen molar-refractivity contribution in [2.75, 3.05) is 18.4 Å². The minimum atomic E-state index is -3.50. The lowest BCUT2D eigenvalue weighted by molar-refractivity contribution is -0.147. The molecule has 1 aromatic carbocycles. The molecule has 1 aromatic rings. The molecule has 4 rings (SSSR count). The SMILES string of the molecule is O=C(O)[C@@H]1[C@H](C(=O)Nc2ccc(S(=O)(=O)N3CCCC3)cc2)[C@@H]2CC[C@@H]1O2. The first-order valence-corrected chi connectivity index (χ1v) is 10.6. The summed E-state index contributed by atoms with van der Waals surface area (Å²) in [5.74, 6) is -2.98. The Labute approximate surface area is 157 Å². The molecule has 0 unspecified atom stereocenters. The molecule has 0 aliphatic carbocycles. The Morgan fingerprint density at radius 3 is 2.22 bits per heavy atom. The molecule has 3 aliphatic rings. The quantitative estimate of drug-likeness (QED) is 0.778. The zero-order valence-electron chi connectivity index (χ0n) is 14.7. The fourth-order valence-corrected chi connectivity index (χ4v) is 5.86. The molecule has 3 fully saturated rings. The van der Waals surface area contributed by atoms with Gasteiger partial charge in [0.1, 0.15) is 0 Å². The normalized spacial score (nSPS) is 30.5. The third-order valence-electron chi connectivity index (χ3n) is 5.69. The predicted molar refractivity (Wildman–Crippen MR) is 95.6 cm³/mol.